The molecule has 0 bridgehead atoms. The van der Waals surface area contributed by atoms with Crippen LogP contribution in [0.5, 0.6) is 17.2 Å². The third kappa shape index (κ3) is 6.19. The molecule has 0 spiro atoms. The van der Waals surface area contributed by atoms with Gasteiger partial charge in [0.2, 0.25) is 8.32 Å². The van der Waals surface area contributed by atoms with E-state index in [1.807, 2.05) is 57.3 Å². The van der Waals surface area contributed by atoms with Crippen LogP contribution >= 0.6 is 0 Å². The molecule has 1 aliphatic rings. The monoisotopic (exact) mass is 620 g/mol. The topological polar surface area (TPSA) is 68.2 Å². The van der Waals surface area contributed by atoms with Crippen molar-refractivity contribution in [1.82, 2.24) is 0 Å². The van der Waals surface area contributed by atoms with Crippen LogP contribution in [0, 0.1) is 13.8 Å². The van der Waals surface area contributed by atoms with E-state index in [9.17, 15) is 9.90 Å². The van der Waals surface area contributed by atoms with Gasteiger partial charge >= 0.3 is 0 Å². The molecule has 1 heterocycles. The molecule has 2 N–H and O–H groups in total. The van der Waals surface area contributed by atoms with Gasteiger partial charge in [-0.1, -0.05) is 65.0 Å². The lowest BCUT2D eigenvalue weighted by atomic mass is 9.71. The first-order chi connectivity index (χ1) is 19.7. The third-order valence-corrected chi connectivity index (χ3v) is 18.2. The van der Waals surface area contributed by atoms with E-state index in [1.54, 1.807) is 7.11 Å². The highest BCUT2D eigenvalue weighted by Crippen LogP contribution is 2.53. The molecule has 3 aromatic rings. The number of hydrogen-bond acceptors (Lipinski definition) is 5. The first-order valence-electron chi connectivity index (χ1n) is 15.4. The first-order valence-corrected chi connectivity index (χ1v) is 21.2. The Bertz CT molecular complexity index is 1460. The number of benzene rings is 3. The van der Waals surface area contributed by atoms with E-state index in [2.05, 4.69) is 72.0 Å². The Balaban J connectivity index is 1.82. The molecular formula is C36H52O5Si2. The highest BCUT2D eigenvalue weighted by Gasteiger charge is 2.48. The number of hydrogen-bond donors (Lipinski definition) is 2. The average Bonchev–Trinajstić information content (AvgIpc) is 2.89. The van der Waals surface area contributed by atoms with Crippen molar-refractivity contribution in [1.29, 1.82) is 0 Å². The Morgan fingerprint density at radius 3 is 2.05 bits per heavy atom. The van der Waals surface area contributed by atoms with Crippen molar-refractivity contribution in [3.8, 4) is 17.2 Å². The summed E-state index contributed by atoms with van der Waals surface area (Å²) in [7, 11) is -2.77. The molecule has 3 aromatic carbocycles. The lowest BCUT2D eigenvalue weighted by molar-refractivity contribution is 0.0102. The van der Waals surface area contributed by atoms with Crippen LogP contribution in [0.25, 0.3) is 0 Å². The first kappa shape index (κ1) is 33.3. The van der Waals surface area contributed by atoms with E-state index >= 15 is 0 Å². The Labute approximate surface area is 261 Å². The largest absolute Gasteiger partial charge is 0.543 e. The number of aryl methyl sites for hydroxylation is 1. The molecular weight excluding hydrogens is 569 g/mol. The highest BCUT2D eigenvalue weighted by atomic mass is 28.4. The standard InChI is InChI=1S/C36H52O5Si2/c1-24-21-28(17-19-31(24)39-8)36(37)29-18-20-32(41-43(11,12)34(3,4)5)25(2)33(29)40-23-30(36)27-15-13-26(14-16-27)22-35(6,7)42(9,10)38/h13-21,30,37-38H,22-23H2,1-12H3. The summed E-state index contributed by atoms with van der Waals surface area (Å²) in [4.78, 5) is 10.8. The molecule has 43 heavy (non-hydrogen) atoms. The maximum absolute atomic E-state index is 13.0. The summed E-state index contributed by atoms with van der Waals surface area (Å²) in [5, 5.41) is 12.8. The summed E-state index contributed by atoms with van der Waals surface area (Å²) in [6, 6.07) is 18.4. The van der Waals surface area contributed by atoms with Gasteiger partial charge in [-0.25, -0.2) is 0 Å². The van der Waals surface area contributed by atoms with Gasteiger partial charge in [0.25, 0.3) is 0 Å². The molecule has 5 nitrogen and oxygen atoms in total. The van der Waals surface area contributed by atoms with Crippen molar-refractivity contribution in [2.24, 2.45) is 0 Å². The molecule has 234 valence electrons. The SMILES string of the molecule is COc1ccc(C2(O)c3ccc(O[Si](C)(C)C(C)(C)C)c(C)c3OCC2c2ccc(CC(C)(C)[Si](C)(C)O)cc2)cc1C. The van der Waals surface area contributed by atoms with E-state index < -0.39 is 22.2 Å². The Morgan fingerprint density at radius 2 is 1.51 bits per heavy atom. The quantitative estimate of drug-likeness (QED) is 0.247. The minimum atomic E-state index is -2.35. The predicted octanol–water partition coefficient (Wildman–Crippen LogP) is 8.63. The Morgan fingerprint density at radius 1 is 0.907 bits per heavy atom. The van der Waals surface area contributed by atoms with Gasteiger partial charge in [-0.05, 0) is 103 Å². The number of fused-ring (bicyclic) bond motifs is 1. The van der Waals surface area contributed by atoms with E-state index in [4.69, 9.17) is 13.9 Å². The van der Waals surface area contributed by atoms with Crippen LogP contribution in [0.2, 0.25) is 36.3 Å². The maximum atomic E-state index is 13.0. The Hall–Kier alpha value is -2.59. The van der Waals surface area contributed by atoms with Crippen LogP contribution in [0.4, 0.5) is 0 Å². The van der Waals surface area contributed by atoms with Crippen molar-refractivity contribution in [3.63, 3.8) is 0 Å². The van der Waals surface area contributed by atoms with Gasteiger partial charge in [0.15, 0.2) is 8.32 Å². The molecule has 0 fully saturated rings. The smallest absolute Gasteiger partial charge is 0.250 e. The fourth-order valence-corrected chi connectivity index (χ4v) is 7.29. The molecule has 2 unspecified atom stereocenters. The van der Waals surface area contributed by atoms with Crippen molar-refractivity contribution < 1.29 is 23.8 Å². The van der Waals surface area contributed by atoms with Crippen LogP contribution in [0.1, 0.15) is 73.9 Å². The van der Waals surface area contributed by atoms with Gasteiger partial charge in [0, 0.05) is 11.1 Å². The average molecular weight is 621 g/mol. The van der Waals surface area contributed by atoms with Gasteiger partial charge < -0.3 is 23.8 Å². The zero-order valence-electron chi connectivity index (χ0n) is 28.3. The highest BCUT2D eigenvalue weighted by molar-refractivity contribution is 6.74. The molecule has 2 atom stereocenters. The Kier molecular flexibility index (Phi) is 8.83. The number of aliphatic hydroxyl groups is 1. The van der Waals surface area contributed by atoms with Crippen LogP contribution in [0.3, 0.4) is 0 Å². The van der Waals surface area contributed by atoms with Crippen LogP contribution < -0.4 is 13.9 Å². The molecule has 4 rings (SSSR count). The normalized spacial score (nSPS) is 19.4. The second kappa shape index (κ2) is 11.4. The molecule has 0 amide bonds. The summed E-state index contributed by atoms with van der Waals surface area (Å²) in [6.45, 7) is 23.8. The number of methoxy groups -OCH3 is 1. The minimum absolute atomic E-state index is 0.0547. The zero-order valence-corrected chi connectivity index (χ0v) is 30.3. The summed E-state index contributed by atoms with van der Waals surface area (Å²) in [6.07, 6.45) is 0.797. The number of ether oxygens (including phenoxy) is 2. The van der Waals surface area contributed by atoms with Gasteiger partial charge in [0.1, 0.15) is 22.8 Å². The van der Waals surface area contributed by atoms with E-state index in [0.29, 0.717) is 12.4 Å². The molecule has 0 saturated carbocycles. The van der Waals surface area contributed by atoms with E-state index in [-0.39, 0.29) is 16.0 Å². The lowest BCUT2D eigenvalue weighted by Gasteiger charge is -2.43. The second-order valence-electron chi connectivity index (χ2n) is 15.1. The van der Waals surface area contributed by atoms with Crippen LogP contribution in [0.15, 0.2) is 54.6 Å². The van der Waals surface area contributed by atoms with Crippen molar-refractivity contribution in [2.75, 3.05) is 13.7 Å². The van der Waals surface area contributed by atoms with Gasteiger partial charge in [-0.15, -0.1) is 0 Å². The maximum Gasteiger partial charge on any atom is 0.250 e. The molecule has 0 aromatic heterocycles. The molecule has 0 saturated heterocycles. The van der Waals surface area contributed by atoms with Gasteiger partial charge in [-0.3, -0.25) is 0 Å². The summed E-state index contributed by atoms with van der Waals surface area (Å²) >= 11 is 0. The fraction of sp³-hybridized carbons (Fsp3) is 0.500. The van der Waals surface area contributed by atoms with Crippen LogP contribution in [-0.2, 0) is 12.0 Å². The molecule has 0 aliphatic carbocycles. The summed E-state index contributed by atoms with van der Waals surface area (Å²) in [5.74, 6) is 1.95. The molecule has 7 heteroatoms. The second-order valence-corrected chi connectivity index (χ2v) is 24.3. The summed E-state index contributed by atoms with van der Waals surface area (Å²) in [5.41, 5.74) is 4.25. The fourth-order valence-electron chi connectivity index (χ4n) is 5.58. The van der Waals surface area contributed by atoms with Gasteiger partial charge in [0.05, 0.1) is 19.6 Å². The van der Waals surface area contributed by atoms with Gasteiger partial charge in [-0.2, -0.15) is 0 Å². The van der Waals surface area contributed by atoms with Crippen molar-refractivity contribution >= 4 is 16.6 Å². The van der Waals surface area contributed by atoms with Crippen LogP contribution in [-0.4, -0.2) is 40.3 Å². The zero-order chi connectivity index (χ0) is 32.2. The number of rotatable bonds is 8. The third-order valence-electron chi connectivity index (χ3n) is 10.4. The minimum Gasteiger partial charge on any atom is -0.543 e. The molecule has 0 radical (unpaired) electrons. The van der Waals surface area contributed by atoms with E-state index in [0.717, 1.165) is 45.7 Å². The van der Waals surface area contributed by atoms with E-state index in [1.165, 1.54) is 5.56 Å². The molecule has 1 aliphatic heterocycles. The summed E-state index contributed by atoms with van der Waals surface area (Å²) < 4.78 is 18.8. The van der Waals surface area contributed by atoms with Crippen molar-refractivity contribution in [3.05, 3.63) is 88.0 Å². The predicted molar refractivity (Wildman–Crippen MR) is 182 cm³/mol. The lowest BCUT2D eigenvalue weighted by Crippen LogP contribution is -2.44. The van der Waals surface area contributed by atoms with Crippen molar-refractivity contribution in [2.45, 2.75) is 103 Å².